The van der Waals surface area contributed by atoms with Crippen molar-refractivity contribution < 1.29 is 0 Å². The van der Waals surface area contributed by atoms with Crippen LogP contribution in [-0.4, -0.2) is 6.04 Å². The van der Waals surface area contributed by atoms with Gasteiger partial charge in [-0.1, -0.05) is 104 Å². The summed E-state index contributed by atoms with van der Waals surface area (Å²) in [4.78, 5) is 0. The highest BCUT2D eigenvalue weighted by Crippen LogP contribution is 2.13. The van der Waals surface area contributed by atoms with E-state index in [1.54, 1.807) is 0 Å². The van der Waals surface area contributed by atoms with Crippen molar-refractivity contribution in [2.45, 2.75) is 123 Å². The standard InChI is InChI=1S/C19H41N/c1-3-5-7-9-11-12-14-16-18-19(20)17-15-13-10-8-6-4-2/h19H,3-18,20H2,1-2H3. The van der Waals surface area contributed by atoms with Crippen molar-refractivity contribution in [3.8, 4) is 0 Å². The molecule has 122 valence electrons. The van der Waals surface area contributed by atoms with E-state index in [0.717, 1.165) is 0 Å². The molecule has 0 spiro atoms. The van der Waals surface area contributed by atoms with Crippen molar-refractivity contribution in [3.63, 3.8) is 0 Å². The summed E-state index contributed by atoms with van der Waals surface area (Å²) in [6.07, 6.45) is 22.1. The van der Waals surface area contributed by atoms with Crippen molar-refractivity contribution >= 4 is 0 Å². The molecule has 0 saturated carbocycles. The molecular formula is C19H41N. The zero-order valence-electron chi connectivity index (χ0n) is 14.5. The molecule has 1 heteroatoms. The molecular weight excluding hydrogens is 242 g/mol. The molecule has 20 heavy (non-hydrogen) atoms. The van der Waals surface area contributed by atoms with Gasteiger partial charge in [-0.05, 0) is 12.8 Å². The molecule has 2 N–H and O–H groups in total. The van der Waals surface area contributed by atoms with Crippen LogP contribution in [0.1, 0.15) is 117 Å². The third-order valence-corrected chi connectivity index (χ3v) is 4.36. The topological polar surface area (TPSA) is 26.0 Å². The van der Waals surface area contributed by atoms with Gasteiger partial charge < -0.3 is 5.73 Å². The summed E-state index contributed by atoms with van der Waals surface area (Å²) in [5.74, 6) is 0. The molecule has 0 heterocycles. The predicted octanol–water partition coefficient (Wildman–Crippen LogP) is 6.60. The summed E-state index contributed by atoms with van der Waals surface area (Å²) in [6, 6.07) is 0.473. The van der Waals surface area contributed by atoms with Crippen molar-refractivity contribution in [1.29, 1.82) is 0 Å². The van der Waals surface area contributed by atoms with Gasteiger partial charge in [0.25, 0.3) is 0 Å². The number of nitrogens with two attached hydrogens (primary N) is 1. The number of rotatable bonds is 16. The average molecular weight is 284 g/mol. The maximum absolute atomic E-state index is 6.20. The van der Waals surface area contributed by atoms with Gasteiger partial charge in [0.1, 0.15) is 0 Å². The summed E-state index contributed by atoms with van der Waals surface area (Å²) in [5.41, 5.74) is 6.20. The van der Waals surface area contributed by atoms with Gasteiger partial charge in [0.15, 0.2) is 0 Å². The second-order valence-corrected chi connectivity index (χ2v) is 6.58. The fourth-order valence-corrected chi connectivity index (χ4v) is 2.87. The van der Waals surface area contributed by atoms with Crippen LogP contribution in [-0.2, 0) is 0 Å². The van der Waals surface area contributed by atoms with Gasteiger partial charge in [0.05, 0.1) is 0 Å². The zero-order chi connectivity index (χ0) is 14.9. The SMILES string of the molecule is CCCCCCCCCCC(N)CCCCCCCC. The van der Waals surface area contributed by atoms with Gasteiger partial charge in [-0.2, -0.15) is 0 Å². The van der Waals surface area contributed by atoms with Gasteiger partial charge in [-0.15, -0.1) is 0 Å². The minimum atomic E-state index is 0.473. The molecule has 1 nitrogen and oxygen atoms in total. The average Bonchev–Trinajstić information content (AvgIpc) is 2.45. The third-order valence-electron chi connectivity index (χ3n) is 4.36. The molecule has 0 radical (unpaired) electrons. The summed E-state index contributed by atoms with van der Waals surface area (Å²) < 4.78 is 0. The fourth-order valence-electron chi connectivity index (χ4n) is 2.87. The van der Waals surface area contributed by atoms with Crippen LogP contribution >= 0.6 is 0 Å². The first-order valence-electron chi connectivity index (χ1n) is 9.56. The maximum atomic E-state index is 6.20. The lowest BCUT2D eigenvalue weighted by Crippen LogP contribution is -2.19. The zero-order valence-corrected chi connectivity index (χ0v) is 14.5. The van der Waals surface area contributed by atoms with Gasteiger partial charge in [0.2, 0.25) is 0 Å². The van der Waals surface area contributed by atoms with E-state index >= 15 is 0 Å². The van der Waals surface area contributed by atoms with E-state index in [2.05, 4.69) is 13.8 Å². The Labute approximate surface area is 129 Å². The fraction of sp³-hybridized carbons (Fsp3) is 1.00. The summed E-state index contributed by atoms with van der Waals surface area (Å²) >= 11 is 0. The van der Waals surface area contributed by atoms with Crippen molar-refractivity contribution in [3.05, 3.63) is 0 Å². The summed E-state index contributed by atoms with van der Waals surface area (Å²) in [5, 5.41) is 0. The van der Waals surface area contributed by atoms with Crippen LogP contribution in [0.5, 0.6) is 0 Å². The quantitative estimate of drug-likeness (QED) is 0.317. The highest BCUT2D eigenvalue weighted by atomic mass is 14.6. The Morgan fingerprint density at radius 1 is 0.500 bits per heavy atom. The molecule has 0 rings (SSSR count). The predicted molar refractivity (Wildman–Crippen MR) is 93.2 cm³/mol. The first-order chi connectivity index (χ1) is 9.81. The molecule has 0 aliphatic carbocycles. The molecule has 0 fully saturated rings. The first kappa shape index (κ1) is 20.0. The minimum Gasteiger partial charge on any atom is -0.328 e. The summed E-state index contributed by atoms with van der Waals surface area (Å²) in [7, 11) is 0. The van der Waals surface area contributed by atoms with E-state index in [9.17, 15) is 0 Å². The molecule has 0 aromatic heterocycles. The second kappa shape index (κ2) is 17.0. The third kappa shape index (κ3) is 16.0. The maximum Gasteiger partial charge on any atom is 0.00388 e. The number of hydrogen-bond donors (Lipinski definition) is 1. The lowest BCUT2D eigenvalue weighted by atomic mass is 10.0. The Kier molecular flexibility index (Phi) is 17.0. The Morgan fingerprint density at radius 3 is 1.15 bits per heavy atom. The molecule has 1 unspecified atom stereocenters. The summed E-state index contributed by atoms with van der Waals surface area (Å²) in [6.45, 7) is 4.56. The van der Waals surface area contributed by atoms with Crippen LogP contribution < -0.4 is 5.73 Å². The lowest BCUT2D eigenvalue weighted by molar-refractivity contribution is 0.482. The van der Waals surface area contributed by atoms with Gasteiger partial charge in [-0.3, -0.25) is 0 Å². The highest BCUT2D eigenvalue weighted by molar-refractivity contribution is 4.62. The van der Waals surface area contributed by atoms with Gasteiger partial charge in [0, 0.05) is 6.04 Å². The van der Waals surface area contributed by atoms with Crippen molar-refractivity contribution in [2.75, 3.05) is 0 Å². The van der Waals surface area contributed by atoms with Crippen LogP contribution in [0, 0.1) is 0 Å². The van der Waals surface area contributed by atoms with E-state index in [1.165, 1.54) is 103 Å². The molecule has 1 atom stereocenters. The largest absolute Gasteiger partial charge is 0.328 e. The van der Waals surface area contributed by atoms with E-state index in [0.29, 0.717) is 6.04 Å². The molecule has 0 aromatic rings. The van der Waals surface area contributed by atoms with Crippen LogP contribution in [0.3, 0.4) is 0 Å². The second-order valence-electron chi connectivity index (χ2n) is 6.58. The van der Waals surface area contributed by atoms with Crippen LogP contribution in [0.15, 0.2) is 0 Å². The van der Waals surface area contributed by atoms with E-state index in [1.807, 2.05) is 0 Å². The normalized spacial score (nSPS) is 12.8. The number of unbranched alkanes of at least 4 members (excludes halogenated alkanes) is 12. The van der Waals surface area contributed by atoms with Crippen LogP contribution in [0.2, 0.25) is 0 Å². The highest BCUT2D eigenvalue weighted by Gasteiger charge is 2.02. The Hall–Kier alpha value is -0.0400. The van der Waals surface area contributed by atoms with Crippen LogP contribution in [0.25, 0.3) is 0 Å². The molecule has 0 bridgehead atoms. The van der Waals surface area contributed by atoms with E-state index in [-0.39, 0.29) is 0 Å². The Morgan fingerprint density at radius 2 is 0.800 bits per heavy atom. The van der Waals surface area contributed by atoms with Crippen molar-refractivity contribution in [1.82, 2.24) is 0 Å². The smallest absolute Gasteiger partial charge is 0.00388 e. The Bertz CT molecular complexity index is 167. The van der Waals surface area contributed by atoms with Gasteiger partial charge in [-0.25, -0.2) is 0 Å². The lowest BCUT2D eigenvalue weighted by Gasteiger charge is -2.11. The molecule has 0 aliphatic heterocycles. The monoisotopic (exact) mass is 283 g/mol. The van der Waals surface area contributed by atoms with Crippen LogP contribution in [0.4, 0.5) is 0 Å². The van der Waals surface area contributed by atoms with Gasteiger partial charge >= 0.3 is 0 Å². The molecule has 0 aliphatic rings. The minimum absolute atomic E-state index is 0.473. The number of hydrogen-bond acceptors (Lipinski definition) is 1. The Balaban J connectivity index is 3.10. The van der Waals surface area contributed by atoms with E-state index in [4.69, 9.17) is 5.73 Å². The molecule has 0 saturated heterocycles. The van der Waals surface area contributed by atoms with E-state index < -0.39 is 0 Å². The van der Waals surface area contributed by atoms with Crippen molar-refractivity contribution in [2.24, 2.45) is 5.73 Å². The molecule has 0 amide bonds. The first-order valence-corrected chi connectivity index (χ1v) is 9.56. The molecule has 0 aromatic carbocycles.